The third-order valence-electron chi connectivity index (χ3n) is 2.26. The molecule has 62 valence electrons. The second kappa shape index (κ2) is 4.27. The SMILES string of the molecule is CN=CC(=O)C1CCCCC1. The minimum atomic E-state index is 0.229. The van der Waals surface area contributed by atoms with Crippen LogP contribution in [0.4, 0.5) is 0 Å². The molecule has 0 aromatic carbocycles. The maximum Gasteiger partial charge on any atom is 0.176 e. The first-order valence-corrected chi connectivity index (χ1v) is 4.30. The fourth-order valence-corrected chi connectivity index (χ4v) is 1.62. The summed E-state index contributed by atoms with van der Waals surface area (Å²) in [4.78, 5) is 15.0. The first kappa shape index (κ1) is 8.44. The Kier molecular flexibility index (Phi) is 3.27. The molecule has 0 amide bonds. The fourth-order valence-electron chi connectivity index (χ4n) is 1.62. The summed E-state index contributed by atoms with van der Waals surface area (Å²) < 4.78 is 0. The van der Waals surface area contributed by atoms with E-state index in [1.807, 2.05) is 0 Å². The minimum Gasteiger partial charge on any atom is -0.293 e. The molecule has 0 aliphatic heterocycles. The zero-order chi connectivity index (χ0) is 8.10. The van der Waals surface area contributed by atoms with Gasteiger partial charge in [-0.15, -0.1) is 0 Å². The van der Waals surface area contributed by atoms with Crippen molar-refractivity contribution in [1.82, 2.24) is 0 Å². The average Bonchev–Trinajstić information content (AvgIpc) is 2.07. The van der Waals surface area contributed by atoms with E-state index in [9.17, 15) is 4.79 Å². The van der Waals surface area contributed by atoms with E-state index in [4.69, 9.17) is 0 Å². The van der Waals surface area contributed by atoms with Gasteiger partial charge in [-0.2, -0.15) is 0 Å². The van der Waals surface area contributed by atoms with Gasteiger partial charge in [0.25, 0.3) is 0 Å². The van der Waals surface area contributed by atoms with Gasteiger partial charge in [0.05, 0.1) is 6.21 Å². The van der Waals surface area contributed by atoms with Crippen LogP contribution in [0.25, 0.3) is 0 Å². The highest BCUT2D eigenvalue weighted by atomic mass is 16.1. The summed E-state index contributed by atoms with van der Waals surface area (Å²) >= 11 is 0. The normalized spacial score (nSPS) is 20.8. The predicted octanol–water partition coefficient (Wildman–Crippen LogP) is 1.84. The maximum atomic E-state index is 11.2. The zero-order valence-corrected chi connectivity index (χ0v) is 7.05. The van der Waals surface area contributed by atoms with Gasteiger partial charge in [-0.3, -0.25) is 9.79 Å². The zero-order valence-electron chi connectivity index (χ0n) is 7.05. The molecule has 1 rings (SSSR count). The molecule has 1 fully saturated rings. The lowest BCUT2D eigenvalue weighted by Gasteiger charge is -2.17. The van der Waals surface area contributed by atoms with Crippen molar-refractivity contribution in [3.63, 3.8) is 0 Å². The number of ketones is 1. The van der Waals surface area contributed by atoms with E-state index >= 15 is 0 Å². The number of Topliss-reactive ketones (excluding diaryl/α,β-unsaturated/α-hetero) is 1. The predicted molar refractivity (Wildman–Crippen MR) is 46.0 cm³/mol. The van der Waals surface area contributed by atoms with Crippen LogP contribution in [0.2, 0.25) is 0 Å². The van der Waals surface area contributed by atoms with Gasteiger partial charge in [0.15, 0.2) is 5.78 Å². The Labute approximate surface area is 67.7 Å². The molecular formula is C9H15NO. The van der Waals surface area contributed by atoms with Crippen LogP contribution in [0.5, 0.6) is 0 Å². The maximum absolute atomic E-state index is 11.2. The molecule has 0 heterocycles. The van der Waals surface area contributed by atoms with Crippen LogP contribution >= 0.6 is 0 Å². The highest BCUT2D eigenvalue weighted by Crippen LogP contribution is 2.23. The van der Waals surface area contributed by atoms with Crippen molar-refractivity contribution >= 4 is 12.0 Å². The number of rotatable bonds is 2. The monoisotopic (exact) mass is 153 g/mol. The number of nitrogens with zero attached hydrogens (tertiary/aromatic N) is 1. The molecule has 0 N–H and O–H groups in total. The highest BCUT2D eigenvalue weighted by molar-refractivity contribution is 6.28. The summed E-state index contributed by atoms with van der Waals surface area (Å²) in [5.74, 6) is 0.514. The number of carbonyl (C=O) groups is 1. The molecule has 1 aliphatic carbocycles. The molecule has 11 heavy (non-hydrogen) atoms. The number of carbonyl (C=O) groups excluding carboxylic acids is 1. The van der Waals surface area contributed by atoms with E-state index in [-0.39, 0.29) is 11.7 Å². The molecule has 0 radical (unpaired) electrons. The van der Waals surface area contributed by atoms with E-state index in [1.54, 1.807) is 7.05 Å². The molecule has 0 unspecified atom stereocenters. The van der Waals surface area contributed by atoms with Crippen LogP contribution in [-0.2, 0) is 4.79 Å². The summed E-state index contributed by atoms with van der Waals surface area (Å²) in [6.45, 7) is 0. The van der Waals surface area contributed by atoms with Crippen molar-refractivity contribution in [3.8, 4) is 0 Å². The van der Waals surface area contributed by atoms with Gasteiger partial charge in [-0.05, 0) is 12.8 Å². The van der Waals surface area contributed by atoms with Gasteiger partial charge >= 0.3 is 0 Å². The van der Waals surface area contributed by atoms with Crippen molar-refractivity contribution in [2.75, 3.05) is 7.05 Å². The molecule has 0 aromatic rings. The van der Waals surface area contributed by atoms with E-state index in [0.717, 1.165) is 12.8 Å². The Morgan fingerprint density at radius 3 is 2.55 bits per heavy atom. The number of hydrogen-bond acceptors (Lipinski definition) is 2. The van der Waals surface area contributed by atoms with E-state index in [1.165, 1.54) is 25.5 Å². The van der Waals surface area contributed by atoms with E-state index in [0.29, 0.717) is 0 Å². The molecule has 0 aromatic heterocycles. The van der Waals surface area contributed by atoms with Crippen molar-refractivity contribution in [2.24, 2.45) is 10.9 Å². The molecular weight excluding hydrogens is 138 g/mol. The van der Waals surface area contributed by atoms with Crippen LogP contribution in [0.3, 0.4) is 0 Å². The van der Waals surface area contributed by atoms with Crippen molar-refractivity contribution in [3.05, 3.63) is 0 Å². The van der Waals surface area contributed by atoms with Gasteiger partial charge in [-0.25, -0.2) is 0 Å². The van der Waals surface area contributed by atoms with Crippen molar-refractivity contribution in [2.45, 2.75) is 32.1 Å². The summed E-state index contributed by atoms with van der Waals surface area (Å²) in [7, 11) is 1.65. The molecule has 0 saturated heterocycles. The summed E-state index contributed by atoms with van der Waals surface area (Å²) in [6.07, 6.45) is 7.35. The average molecular weight is 153 g/mol. The van der Waals surface area contributed by atoms with Crippen molar-refractivity contribution in [1.29, 1.82) is 0 Å². The second-order valence-corrected chi connectivity index (χ2v) is 3.12. The summed E-state index contributed by atoms with van der Waals surface area (Å²) in [6, 6.07) is 0. The molecule has 2 heteroatoms. The molecule has 0 atom stereocenters. The smallest absolute Gasteiger partial charge is 0.176 e. The first-order chi connectivity index (χ1) is 5.34. The minimum absolute atomic E-state index is 0.229. The Hall–Kier alpha value is -0.660. The quantitative estimate of drug-likeness (QED) is 0.556. The van der Waals surface area contributed by atoms with Gasteiger partial charge in [0.2, 0.25) is 0 Å². The van der Waals surface area contributed by atoms with Crippen LogP contribution in [0.1, 0.15) is 32.1 Å². The second-order valence-electron chi connectivity index (χ2n) is 3.12. The van der Waals surface area contributed by atoms with Gasteiger partial charge < -0.3 is 0 Å². The lowest BCUT2D eigenvalue weighted by Crippen LogP contribution is -2.18. The lowest BCUT2D eigenvalue weighted by atomic mass is 9.86. The molecule has 2 nitrogen and oxygen atoms in total. The van der Waals surface area contributed by atoms with E-state index < -0.39 is 0 Å². The third-order valence-corrected chi connectivity index (χ3v) is 2.26. The van der Waals surface area contributed by atoms with Crippen LogP contribution in [0, 0.1) is 5.92 Å². The van der Waals surface area contributed by atoms with E-state index in [2.05, 4.69) is 4.99 Å². The fraction of sp³-hybridized carbons (Fsp3) is 0.778. The van der Waals surface area contributed by atoms with Gasteiger partial charge in [-0.1, -0.05) is 19.3 Å². The van der Waals surface area contributed by atoms with Crippen LogP contribution < -0.4 is 0 Å². The Morgan fingerprint density at radius 1 is 1.36 bits per heavy atom. The Balaban J connectivity index is 2.38. The first-order valence-electron chi connectivity index (χ1n) is 4.30. The van der Waals surface area contributed by atoms with Gasteiger partial charge in [0, 0.05) is 13.0 Å². The summed E-state index contributed by atoms with van der Waals surface area (Å²) in [5, 5.41) is 0. The lowest BCUT2D eigenvalue weighted by molar-refractivity contribution is -0.116. The van der Waals surface area contributed by atoms with Gasteiger partial charge in [0.1, 0.15) is 0 Å². The number of hydrogen-bond donors (Lipinski definition) is 0. The Bertz CT molecular complexity index is 157. The molecule has 0 bridgehead atoms. The standard InChI is InChI=1S/C9H15NO/c1-10-7-9(11)8-5-3-2-4-6-8/h7-8H,2-6H2,1H3. The highest BCUT2D eigenvalue weighted by Gasteiger charge is 2.18. The molecule has 1 saturated carbocycles. The largest absolute Gasteiger partial charge is 0.293 e. The molecule has 1 aliphatic rings. The van der Waals surface area contributed by atoms with Crippen molar-refractivity contribution < 1.29 is 4.79 Å². The number of aliphatic imine (C=N–C) groups is 1. The summed E-state index contributed by atoms with van der Waals surface area (Å²) in [5.41, 5.74) is 0. The third kappa shape index (κ3) is 2.45. The Morgan fingerprint density at radius 2 is 2.00 bits per heavy atom. The van der Waals surface area contributed by atoms with Crippen LogP contribution in [0.15, 0.2) is 4.99 Å². The molecule has 0 spiro atoms. The topological polar surface area (TPSA) is 29.4 Å². The van der Waals surface area contributed by atoms with Crippen LogP contribution in [-0.4, -0.2) is 19.0 Å².